The van der Waals surface area contributed by atoms with E-state index in [1.165, 1.54) is 19.4 Å². The molecule has 1 aliphatic carbocycles. The molecule has 0 aromatic heterocycles. The van der Waals surface area contributed by atoms with Crippen LogP contribution in [0.5, 0.6) is 0 Å². The molecule has 3 aliphatic rings. The number of hydrogen-bond donors (Lipinski definition) is 2. The molecule has 0 bridgehead atoms. The van der Waals surface area contributed by atoms with Gasteiger partial charge < -0.3 is 10.6 Å². The summed E-state index contributed by atoms with van der Waals surface area (Å²) in [5, 5.41) is 6.70. The number of nitrogens with one attached hydrogen (secondary N) is 2. The van der Waals surface area contributed by atoms with E-state index in [2.05, 4.69) is 22.5 Å². The Hall–Kier alpha value is -0.610. The monoisotopic (exact) mass is 251 g/mol. The Bertz CT molecular complexity index is 321. The fourth-order valence-corrected chi connectivity index (χ4v) is 3.46. The van der Waals surface area contributed by atoms with Crippen LogP contribution in [0.4, 0.5) is 0 Å². The molecule has 4 nitrogen and oxygen atoms in total. The van der Waals surface area contributed by atoms with Gasteiger partial charge in [-0.2, -0.15) is 0 Å². The summed E-state index contributed by atoms with van der Waals surface area (Å²) in [7, 11) is 0. The van der Waals surface area contributed by atoms with Crippen molar-refractivity contribution >= 4 is 5.91 Å². The van der Waals surface area contributed by atoms with Crippen LogP contribution in [0.2, 0.25) is 0 Å². The van der Waals surface area contributed by atoms with E-state index in [-0.39, 0.29) is 11.4 Å². The zero-order valence-corrected chi connectivity index (χ0v) is 11.4. The maximum absolute atomic E-state index is 12.5. The van der Waals surface area contributed by atoms with E-state index in [1.54, 1.807) is 0 Å². The van der Waals surface area contributed by atoms with E-state index in [0.29, 0.717) is 6.04 Å². The van der Waals surface area contributed by atoms with Crippen LogP contribution in [-0.2, 0) is 4.79 Å². The average Bonchev–Trinajstić information content (AvgIpc) is 2.93. The fraction of sp³-hybridized carbons (Fsp3) is 0.929. The molecule has 0 aromatic carbocycles. The third kappa shape index (κ3) is 2.28. The van der Waals surface area contributed by atoms with Crippen molar-refractivity contribution in [3.63, 3.8) is 0 Å². The van der Waals surface area contributed by atoms with Gasteiger partial charge in [0.15, 0.2) is 0 Å². The summed E-state index contributed by atoms with van der Waals surface area (Å²) < 4.78 is 0. The van der Waals surface area contributed by atoms with Crippen LogP contribution in [-0.4, -0.2) is 48.1 Å². The predicted molar refractivity (Wildman–Crippen MR) is 71.4 cm³/mol. The van der Waals surface area contributed by atoms with E-state index >= 15 is 0 Å². The first-order chi connectivity index (χ1) is 8.73. The summed E-state index contributed by atoms with van der Waals surface area (Å²) in [6, 6.07) is 1.21. The van der Waals surface area contributed by atoms with Crippen molar-refractivity contribution in [1.82, 2.24) is 15.5 Å². The molecule has 4 heteroatoms. The first kappa shape index (κ1) is 12.4. The highest BCUT2D eigenvalue weighted by Crippen LogP contribution is 2.30. The third-order valence-corrected chi connectivity index (χ3v) is 4.90. The highest BCUT2D eigenvalue weighted by atomic mass is 16.2. The SMILES string of the molecule is CCC1(C(=O)NC2CCN(C3CC3)C2)CCCN1. The molecule has 2 unspecified atom stereocenters. The van der Waals surface area contributed by atoms with Crippen LogP contribution in [0.3, 0.4) is 0 Å². The Morgan fingerprint density at radius 2 is 2.28 bits per heavy atom. The minimum absolute atomic E-state index is 0.241. The van der Waals surface area contributed by atoms with Crippen LogP contribution in [0.25, 0.3) is 0 Å². The summed E-state index contributed by atoms with van der Waals surface area (Å²) >= 11 is 0. The molecular formula is C14H25N3O. The van der Waals surface area contributed by atoms with Gasteiger partial charge in [-0.3, -0.25) is 9.69 Å². The van der Waals surface area contributed by atoms with Gasteiger partial charge in [-0.15, -0.1) is 0 Å². The summed E-state index contributed by atoms with van der Waals surface area (Å²) in [6.07, 6.45) is 6.87. The number of rotatable bonds is 4. The number of carbonyl (C=O) groups is 1. The molecule has 2 aliphatic heterocycles. The number of likely N-dealkylation sites (tertiary alicyclic amines) is 1. The lowest BCUT2D eigenvalue weighted by atomic mass is 9.93. The predicted octanol–water partition coefficient (Wildman–Crippen LogP) is 0.872. The third-order valence-electron chi connectivity index (χ3n) is 4.90. The van der Waals surface area contributed by atoms with Crippen molar-refractivity contribution < 1.29 is 4.79 Å². The van der Waals surface area contributed by atoms with Gasteiger partial charge in [0, 0.05) is 25.2 Å². The molecular weight excluding hydrogens is 226 g/mol. The number of carbonyl (C=O) groups excluding carboxylic acids is 1. The van der Waals surface area contributed by atoms with E-state index in [4.69, 9.17) is 0 Å². The lowest BCUT2D eigenvalue weighted by Gasteiger charge is -2.28. The average molecular weight is 251 g/mol. The van der Waals surface area contributed by atoms with E-state index in [0.717, 1.165) is 44.8 Å². The molecule has 2 atom stereocenters. The van der Waals surface area contributed by atoms with Gasteiger partial charge in [0.05, 0.1) is 5.54 Å². The second-order valence-electron chi connectivity index (χ2n) is 6.15. The van der Waals surface area contributed by atoms with Crippen LogP contribution < -0.4 is 10.6 Å². The zero-order valence-electron chi connectivity index (χ0n) is 11.4. The molecule has 0 aromatic rings. The minimum Gasteiger partial charge on any atom is -0.350 e. The maximum atomic E-state index is 12.5. The molecule has 1 amide bonds. The Kier molecular flexibility index (Phi) is 3.32. The van der Waals surface area contributed by atoms with Gasteiger partial charge in [0.2, 0.25) is 5.91 Å². The van der Waals surface area contributed by atoms with E-state index in [1.807, 2.05) is 0 Å². The normalized spacial score (nSPS) is 37.1. The van der Waals surface area contributed by atoms with Crippen molar-refractivity contribution in [3.05, 3.63) is 0 Å². The number of hydrogen-bond acceptors (Lipinski definition) is 3. The summed E-state index contributed by atoms with van der Waals surface area (Å²) in [5.74, 6) is 0.241. The Morgan fingerprint density at radius 1 is 1.44 bits per heavy atom. The molecule has 0 spiro atoms. The lowest BCUT2D eigenvalue weighted by Crippen LogP contribution is -2.55. The Morgan fingerprint density at radius 3 is 2.89 bits per heavy atom. The van der Waals surface area contributed by atoms with Crippen molar-refractivity contribution in [1.29, 1.82) is 0 Å². The van der Waals surface area contributed by atoms with Crippen LogP contribution in [0.1, 0.15) is 45.4 Å². The molecule has 3 fully saturated rings. The topological polar surface area (TPSA) is 44.4 Å². The second kappa shape index (κ2) is 4.82. The number of amides is 1. The highest BCUT2D eigenvalue weighted by molar-refractivity contribution is 5.86. The Labute approximate surface area is 109 Å². The molecule has 1 saturated carbocycles. The summed E-state index contributed by atoms with van der Waals surface area (Å²) in [4.78, 5) is 15.0. The quantitative estimate of drug-likeness (QED) is 0.779. The van der Waals surface area contributed by atoms with Gasteiger partial charge in [0.25, 0.3) is 0 Å². The van der Waals surface area contributed by atoms with Crippen molar-refractivity contribution in [2.45, 2.75) is 63.1 Å². The van der Waals surface area contributed by atoms with Crippen molar-refractivity contribution in [3.8, 4) is 0 Å². The fourth-order valence-electron chi connectivity index (χ4n) is 3.46. The maximum Gasteiger partial charge on any atom is 0.240 e. The van der Waals surface area contributed by atoms with Gasteiger partial charge in [-0.25, -0.2) is 0 Å². The standard InChI is InChI=1S/C14H25N3O/c1-2-14(7-3-8-15-14)13(18)16-11-6-9-17(10-11)12-4-5-12/h11-12,15H,2-10H2,1H3,(H,16,18). The molecule has 18 heavy (non-hydrogen) atoms. The molecule has 3 rings (SSSR count). The van der Waals surface area contributed by atoms with Crippen LogP contribution >= 0.6 is 0 Å². The lowest BCUT2D eigenvalue weighted by molar-refractivity contribution is -0.127. The highest BCUT2D eigenvalue weighted by Gasteiger charge is 2.41. The van der Waals surface area contributed by atoms with Crippen LogP contribution in [0, 0.1) is 0 Å². The zero-order chi connectivity index (χ0) is 12.6. The van der Waals surface area contributed by atoms with Gasteiger partial charge in [-0.05, 0) is 45.1 Å². The van der Waals surface area contributed by atoms with E-state index < -0.39 is 0 Å². The molecule has 2 N–H and O–H groups in total. The van der Waals surface area contributed by atoms with Gasteiger partial charge in [0.1, 0.15) is 0 Å². The van der Waals surface area contributed by atoms with Crippen molar-refractivity contribution in [2.75, 3.05) is 19.6 Å². The smallest absolute Gasteiger partial charge is 0.240 e. The van der Waals surface area contributed by atoms with Gasteiger partial charge in [-0.1, -0.05) is 6.92 Å². The van der Waals surface area contributed by atoms with Crippen molar-refractivity contribution in [2.24, 2.45) is 0 Å². The molecule has 0 radical (unpaired) electrons. The minimum atomic E-state index is -0.271. The first-order valence-electron chi connectivity index (χ1n) is 7.53. The second-order valence-corrected chi connectivity index (χ2v) is 6.15. The number of nitrogens with zero attached hydrogens (tertiary/aromatic N) is 1. The summed E-state index contributed by atoms with van der Waals surface area (Å²) in [6.45, 7) is 5.33. The molecule has 2 heterocycles. The van der Waals surface area contributed by atoms with Crippen LogP contribution in [0.15, 0.2) is 0 Å². The molecule has 2 saturated heterocycles. The Balaban J connectivity index is 1.54. The van der Waals surface area contributed by atoms with E-state index in [9.17, 15) is 4.79 Å². The van der Waals surface area contributed by atoms with Gasteiger partial charge >= 0.3 is 0 Å². The first-order valence-corrected chi connectivity index (χ1v) is 7.53. The molecule has 102 valence electrons. The summed E-state index contributed by atoms with van der Waals surface area (Å²) in [5.41, 5.74) is -0.271. The largest absolute Gasteiger partial charge is 0.350 e.